The summed E-state index contributed by atoms with van der Waals surface area (Å²) in [7, 11) is 0. The topological polar surface area (TPSA) is 117 Å². The summed E-state index contributed by atoms with van der Waals surface area (Å²) in [5.74, 6) is 0.890. The maximum absolute atomic E-state index is 13.0. The number of oxazole rings is 1. The molecule has 1 fully saturated rings. The summed E-state index contributed by atoms with van der Waals surface area (Å²) in [5, 5.41) is 10.0. The van der Waals surface area contributed by atoms with Crippen molar-refractivity contribution in [2.75, 3.05) is 6.54 Å². The van der Waals surface area contributed by atoms with Crippen LogP contribution in [0.25, 0.3) is 0 Å². The molecule has 0 unspecified atom stereocenters. The SMILES string of the molecule is Cc1nc([C@@H]2C[C@H](NC(=O)c3ccccc3)CN2C(=O)c2ocnc2C)n[nH]1. The van der Waals surface area contributed by atoms with Gasteiger partial charge in [-0.2, -0.15) is 5.10 Å². The Hall–Kier alpha value is -3.49. The zero-order chi connectivity index (χ0) is 19.7. The number of H-pyrrole nitrogens is 1. The third-order valence-electron chi connectivity index (χ3n) is 4.79. The van der Waals surface area contributed by atoms with Gasteiger partial charge in [-0.15, -0.1) is 0 Å². The fraction of sp³-hybridized carbons (Fsp3) is 0.316. The Morgan fingerprint density at radius 3 is 2.68 bits per heavy atom. The van der Waals surface area contributed by atoms with Crippen LogP contribution in [-0.4, -0.2) is 49.5 Å². The van der Waals surface area contributed by atoms with Gasteiger partial charge in [0.2, 0.25) is 5.76 Å². The number of nitrogens with zero attached hydrogens (tertiary/aromatic N) is 4. The Labute approximate surface area is 161 Å². The highest BCUT2D eigenvalue weighted by atomic mass is 16.3. The van der Waals surface area contributed by atoms with E-state index >= 15 is 0 Å². The summed E-state index contributed by atoms with van der Waals surface area (Å²) < 4.78 is 5.28. The molecular weight excluding hydrogens is 360 g/mol. The number of hydrogen-bond acceptors (Lipinski definition) is 6. The monoisotopic (exact) mass is 380 g/mol. The largest absolute Gasteiger partial charge is 0.438 e. The van der Waals surface area contributed by atoms with Crippen LogP contribution in [0.3, 0.4) is 0 Å². The summed E-state index contributed by atoms with van der Waals surface area (Å²) in [6, 6.07) is 8.37. The van der Waals surface area contributed by atoms with Gasteiger partial charge in [0.1, 0.15) is 5.82 Å². The molecule has 0 saturated carbocycles. The summed E-state index contributed by atoms with van der Waals surface area (Å²) in [5.41, 5.74) is 1.09. The van der Waals surface area contributed by atoms with Crippen molar-refractivity contribution in [3.05, 3.63) is 65.4 Å². The van der Waals surface area contributed by atoms with E-state index in [4.69, 9.17) is 4.42 Å². The maximum Gasteiger partial charge on any atom is 0.292 e. The Balaban J connectivity index is 1.57. The zero-order valence-corrected chi connectivity index (χ0v) is 15.5. The minimum absolute atomic E-state index is 0.180. The molecule has 3 heterocycles. The van der Waals surface area contributed by atoms with E-state index in [1.807, 2.05) is 18.2 Å². The van der Waals surface area contributed by atoms with Crippen LogP contribution in [0.1, 0.15) is 50.7 Å². The number of carbonyl (C=O) groups is 2. The van der Waals surface area contributed by atoms with Crippen LogP contribution in [-0.2, 0) is 0 Å². The molecule has 2 atom stereocenters. The van der Waals surface area contributed by atoms with E-state index < -0.39 is 0 Å². The van der Waals surface area contributed by atoms with E-state index in [0.29, 0.717) is 35.9 Å². The fourth-order valence-electron chi connectivity index (χ4n) is 3.41. The highest BCUT2D eigenvalue weighted by Gasteiger charge is 2.40. The van der Waals surface area contributed by atoms with Gasteiger partial charge in [-0.25, -0.2) is 9.97 Å². The normalized spacial score (nSPS) is 19.0. The molecular formula is C19H20N6O3. The van der Waals surface area contributed by atoms with Crippen LogP contribution in [0, 0.1) is 13.8 Å². The van der Waals surface area contributed by atoms with E-state index in [2.05, 4.69) is 25.5 Å². The van der Waals surface area contributed by atoms with Crippen LogP contribution in [0.5, 0.6) is 0 Å². The molecule has 1 aromatic carbocycles. The zero-order valence-electron chi connectivity index (χ0n) is 15.5. The second-order valence-electron chi connectivity index (χ2n) is 6.79. The quantitative estimate of drug-likeness (QED) is 0.713. The number of carbonyl (C=O) groups excluding carboxylic acids is 2. The van der Waals surface area contributed by atoms with Crippen molar-refractivity contribution in [2.24, 2.45) is 0 Å². The molecule has 2 aromatic heterocycles. The Bertz CT molecular complexity index is 996. The van der Waals surface area contributed by atoms with Gasteiger partial charge in [0.05, 0.1) is 11.7 Å². The average molecular weight is 380 g/mol. The molecule has 1 aliphatic heterocycles. The van der Waals surface area contributed by atoms with E-state index in [1.165, 1.54) is 6.39 Å². The number of nitrogens with one attached hydrogen (secondary N) is 2. The fourth-order valence-corrected chi connectivity index (χ4v) is 3.41. The van der Waals surface area contributed by atoms with Crippen molar-refractivity contribution < 1.29 is 14.0 Å². The lowest BCUT2D eigenvalue weighted by molar-refractivity contribution is 0.0691. The predicted octanol–water partition coefficient (Wildman–Crippen LogP) is 1.80. The molecule has 0 radical (unpaired) electrons. The van der Waals surface area contributed by atoms with Gasteiger partial charge in [-0.1, -0.05) is 18.2 Å². The first-order valence-corrected chi connectivity index (χ1v) is 8.99. The summed E-state index contributed by atoms with van der Waals surface area (Å²) in [4.78, 5) is 35.6. The Morgan fingerprint density at radius 2 is 2.04 bits per heavy atom. The van der Waals surface area contributed by atoms with Gasteiger partial charge in [0.25, 0.3) is 11.8 Å². The van der Waals surface area contributed by atoms with Crippen molar-refractivity contribution >= 4 is 11.8 Å². The molecule has 28 heavy (non-hydrogen) atoms. The molecule has 3 aromatic rings. The van der Waals surface area contributed by atoms with Crippen molar-refractivity contribution in [1.82, 2.24) is 30.4 Å². The summed E-state index contributed by atoms with van der Waals surface area (Å²) >= 11 is 0. The first-order chi connectivity index (χ1) is 13.5. The number of hydrogen-bond donors (Lipinski definition) is 2. The van der Waals surface area contributed by atoms with Crippen LogP contribution >= 0.6 is 0 Å². The lowest BCUT2D eigenvalue weighted by Gasteiger charge is -2.21. The minimum Gasteiger partial charge on any atom is -0.438 e. The van der Waals surface area contributed by atoms with Crippen LogP contribution in [0.4, 0.5) is 0 Å². The molecule has 2 amide bonds. The van der Waals surface area contributed by atoms with Gasteiger partial charge in [-0.05, 0) is 32.4 Å². The summed E-state index contributed by atoms with van der Waals surface area (Å²) in [6.45, 7) is 3.84. The molecule has 0 spiro atoms. The predicted molar refractivity (Wildman–Crippen MR) is 98.5 cm³/mol. The van der Waals surface area contributed by atoms with Crippen LogP contribution < -0.4 is 5.32 Å². The van der Waals surface area contributed by atoms with Crippen molar-refractivity contribution in [1.29, 1.82) is 0 Å². The first kappa shape index (κ1) is 17.9. The number of amides is 2. The molecule has 1 aliphatic rings. The summed E-state index contributed by atoms with van der Waals surface area (Å²) in [6.07, 6.45) is 1.76. The lowest BCUT2D eigenvalue weighted by atomic mass is 10.1. The average Bonchev–Trinajstić information content (AvgIpc) is 3.42. The van der Waals surface area contributed by atoms with Gasteiger partial charge in [-0.3, -0.25) is 14.7 Å². The molecule has 144 valence electrons. The van der Waals surface area contributed by atoms with Crippen LogP contribution in [0.15, 0.2) is 41.1 Å². The van der Waals surface area contributed by atoms with Crippen LogP contribution in [0.2, 0.25) is 0 Å². The highest BCUT2D eigenvalue weighted by molar-refractivity contribution is 5.95. The molecule has 9 nitrogen and oxygen atoms in total. The Morgan fingerprint density at radius 1 is 1.25 bits per heavy atom. The van der Waals surface area contributed by atoms with E-state index in [-0.39, 0.29) is 29.7 Å². The molecule has 0 aliphatic carbocycles. The third-order valence-corrected chi connectivity index (χ3v) is 4.79. The third kappa shape index (κ3) is 3.38. The minimum atomic E-state index is -0.372. The standard InChI is InChI=1S/C19H20N6O3/c1-11-16(28-10-20-11)19(27)25-9-14(8-15(25)17-21-12(2)23-24-17)22-18(26)13-6-4-3-5-7-13/h3-7,10,14-15H,8-9H2,1-2H3,(H,22,26)(H,21,23,24)/t14-,15-/m0/s1. The van der Waals surface area contributed by atoms with E-state index in [1.54, 1.807) is 30.9 Å². The van der Waals surface area contributed by atoms with Crippen molar-refractivity contribution in [3.8, 4) is 0 Å². The number of benzene rings is 1. The van der Waals surface area contributed by atoms with Gasteiger partial charge >= 0.3 is 0 Å². The molecule has 2 N–H and O–H groups in total. The van der Waals surface area contributed by atoms with E-state index in [9.17, 15) is 9.59 Å². The smallest absolute Gasteiger partial charge is 0.292 e. The Kier molecular flexibility index (Phi) is 4.64. The maximum atomic E-state index is 13.0. The second-order valence-corrected chi connectivity index (χ2v) is 6.79. The van der Waals surface area contributed by atoms with Gasteiger partial charge in [0, 0.05) is 18.2 Å². The number of likely N-dealkylation sites (tertiary alicyclic amines) is 1. The van der Waals surface area contributed by atoms with E-state index in [0.717, 1.165) is 0 Å². The molecule has 9 heteroatoms. The van der Waals surface area contributed by atoms with Crippen molar-refractivity contribution in [3.63, 3.8) is 0 Å². The highest BCUT2D eigenvalue weighted by Crippen LogP contribution is 2.32. The van der Waals surface area contributed by atoms with Crippen molar-refractivity contribution in [2.45, 2.75) is 32.4 Å². The number of aromatic nitrogens is 4. The number of aryl methyl sites for hydroxylation is 2. The lowest BCUT2D eigenvalue weighted by Crippen LogP contribution is -2.38. The number of rotatable bonds is 4. The number of aromatic amines is 1. The second kappa shape index (κ2) is 7.26. The van der Waals surface area contributed by atoms with Gasteiger partial charge in [0.15, 0.2) is 12.2 Å². The van der Waals surface area contributed by atoms with Gasteiger partial charge < -0.3 is 14.6 Å². The molecule has 1 saturated heterocycles. The molecule has 4 rings (SSSR count). The first-order valence-electron chi connectivity index (χ1n) is 8.99. The molecule has 0 bridgehead atoms.